The second-order valence-corrected chi connectivity index (χ2v) is 4.56. The fraction of sp³-hybridized carbons (Fsp3) is 0.615. The summed E-state index contributed by atoms with van der Waals surface area (Å²) in [5.74, 6) is 0.403. The molecule has 1 aromatic rings. The SMILES string of the molecule is CCCN(CC(F)(F)F)c1ncc(CCN)cc1C. The molecule has 1 aromatic heterocycles. The average Bonchev–Trinajstić information content (AvgIpc) is 2.27. The third-order valence-electron chi connectivity index (χ3n) is 2.70. The molecule has 0 fully saturated rings. The number of halogens is 3. The van der Waals surface area contributed by atoms with E-state index in [1.807, 2.05) is 13.0 Å². The standard InChI is InChI=1S/C13H20F3N3/c1-3-6-19(9-13(14,15)16)12-10(2)7-11(4-5-17)8-18-12/h7-8H,3-6,9,17H2,1-2H3. The Hall–Kier alpha value is -1.30. The number of hydrogen-bond donors (Lipinski definition) is 1. The van der Waals surface area contributed by atoms with Crippen molar-refractivity contribution in [2.75, 3.05) is 24.5 Å². The maximum atomic E-state index is 12.6. The maximum absolute atomic E-state index is 12.6. The van der Waals surface area contributed by atoms with Crippen LogP contribution in [-0.4, -0.2) is 30.8 Å². The lowest BCUT2D eigenvalue weighted by Gasteiger charge is -2.26. The number of alkyl halides is 3. The molecule has 0 aromatic carbocycles. The van der Waals surface area contributed by atoms with Gasteiger partial charge in [0.2, 0.25) is 0 Å². The Labute approximate surface area is 111 Å². The predicted octanol–water partition coefficient (Wildman–Crippen LogP) is 2.67. The zero-order chi connectivity index (χ0) is 14.5. The summed E-state index contributed by atoms with van der Waals surface area (Å²) in [6, 6.07) is 1.86. The summed E-state index contributed by atoms with van der Waals surface area (Å²) in [7, 11) is 0. The van der Waals surface area contributed by atoms with Crippen molar-refractivity contribution in [3.05, 3.63) is 23.4 Å². The van der Waals surface area contributed by atoms with Gasteiger partial charge in [0.05, 0.1) is 0 Å². The molecule has 0 spiro atoms. The van der Waals surface area contributed by atoms with Crippen LogP contribution < -0.4 is 10.6 Å². The Morgan fingerprint density at radius 3 is 2.53 bits per heavy atom. The molecule has 108 valence electrons. The molecule has 0 atom stereocenters. The summed E-state index contributed by atoms with van der Waals surface area (Å²) >= 11 is 0. The van der Waals surface area contributed by atoms with Crippen LogP contribution in [0.25, 0.3) is 0 Å². The molecule has 3 nitrogen and oxygen atoms in total. The molecule has 0 saturated carbocycles. The van der Waals surface area contributed by atoms with Crippen LogP contribution >= 0.6 is 0 Å². The van der Waals surface area contributed by atoms with Crippen LogP contribution in [-0.2, 0) is 6.42 Å². The lowest BCUT2D eigenvalue weighted by molar-refractivity contribution is -0.119. The largest absolute Gasteiger partial charge is 0.405 e. The van der Waals surface area contributed by atoms with E-state index in [4.69, 9.17) is 5.73 Å². The molecule has 0 radical (unpaired) electrons. The first-order valence-corrected chi connectivity index (χ1v) is 6.34. The first-order chi connectivity index (χ1) is 8.87. The van der Waals surface area contributed by atoms with Crippen molar-refractivity contribution in [2.24, 2.45) is 5.73 Å². The van der Waals surface area contributed by atoms with E-state index in [0.29, 0.717) is 31.7 Å². The van der Waals surface area contributed by atoms with Gasteiger partial charge >= 0.3 is 6.18 Å². The minimum atomic E-state index is -4.22. The molecule has 2 N–H and O–H groups in total. The van der Waals surface area contributed by atoms with Gasteiger partial charge in [-0.1, -0.05) is 13.0 Å². The van der Waals surface area contributed by atoms with Crippen LogP contribution in [0.3, 0.4) is 0 Å². The highest BCUT2D eigenvalue weighted by Gasteiger charge is 2.31. The summed E-state index contributed by atoms with van der Waals surface area (Å²) < 4.78 is 37.7. The fourth-order valence-electron chi connectivity index (χ4n) is 2.01. The number of aromatic nitrogens is 1. The zero-order valence-electron chi connectivity index (χ0n) is 11.3. The molecule has 0 saturated heterocycles. The monoisotopic (exact) mass is 275 g/mol. The van der Waals surface area contributed by atoms with E-state index in [1.165, 1.54) is 4.90 Å². The van der Waals surface area contributed by atoms with Crippen LogP contribution in [0.4, 0.5) is 19.0 Å². The lowest BCUT2D eigenvalue weighted by Crippen LogP contribution is -2.35. The van der Waals surface area contributed by atoms with E-state index in [0.717, 1.165) is 11.1 Å². The highest BCUT2D eigenvalue weighted by Crippen LogP contribution is 2.24. The third-order valence-corrected chi connectivity index (χ3v) is 2.70. The molecule has 6 heteroatoms. The molecule has 0 aliphatic rings. The molecule has 1 heterocycles. The van der Waals surface area contributed by atoms with E-state index < -0.39 is 12.7 Å². The Morgan fingerprint density at radius 2 is 2.05 bits per heavy atom. The highest BCUT2D eigenvalue weighted by molar-refractivity contribution is 5.47. The molecule has 19 heavy (non-hydrogen) atoms. The summed E-state index contributed by atoms with van der Waals surface area (Å²) in [6.07, 6.45) is -1.30. The third kappa shape index (κ3) is 5.06. The Balaban J connectivity index is 2.95. The van der Waals surface area contributed by atoms with Crippen molar-refractivity contribution < 1.29 is 13.2 Å². The second kappa shape index (κ2) is 6.75. The molecule has 0 aliphatic carbocycles. The van der Waals surface area contributed by atoms with E-state index >= 15 is 0 Å². The van der Waals surface area contributed by atoms with Gasteiger partial charge < -0.3 is 10.6 Å². The number of aryl methyl sites for hydroxylation is 1. The quantitative estimate of drug-likeness (QED) is 0.868. The first-order valence-electron chi connectivity index (χ1n) is 6.34. The van der Waals surface area contributed by atoms with Gasteiger partial charge in [-0.05, 0) is 37.4 Å². The summed E-state index contributed by atoms with van der Waals surface area (Å²) in [6.45, 7) is 3.50. The number of pyridine rings is 1. The van der Waals surface area contributed by atoms with Crippen LogP contribution in [0.5, 0.6) is 0 Å². The van der Waals surface area contributed by atoms with Gasteiger partial charge in [-0.25, -0.2) is 4.98 Å². The normalized spacial score (nSPS) is 11.7. The van der Waals surface area contributed by atoms with Gasteiger partial charge in [-0.15, -0.1) is 0 Å². The van der Waals surface area contributed by atoms with E-state index in [2.05, 4.69) is 4.98 Å². The Kier molecular flexibility index (Phi) is 5.60. The van der Waals surface area contributed by atoms with Crippen molar-refractivity contribution in [1.29, 1.82) is 0 Å². The van der Waals surface area contributed by atoms with Crippen molar-refractivity contribution in [3.8, 4) is 0 Å². The van der Waals surface area contributed by atoms with Crippen LogP contribution in [0, 0.1) is 6.92 Å². The van der Waals surface area contributed by atoms with Crippen molar-refractivity contribution in [2.45, 2.75) is 32.9 Å². The first kappa shape index (κ1) is 15.8. The summed E-state index contributed by atoms with van der Waals surface area (Å²) in [5, 5.41) is 0. The highest BCUT2D eigenvalue weighted by atomic mass is 19.4. The molecular formula is C13H20F3N3. The number of rotatable bonds is 6. The van der Waals surface area contributed by atoms with Crippen molar-refractivity contribution in [3.63, 3.8) is 0 Å². The molecule has 0 unspecified atom stereocenters. The predicted molar refractivity (Wildman–Crippen MR) is 70.3 cm³/mol. The second-order valence-electron chi connectivity index (χ2n) is 4.56. The molecule has 0 amide bonds. The molecule has 0 aliphatic heterocycles. The number of nitrogens with two attached hydrogens (primary N) is 1. The molecule has 1 rings (SSSR count). The smallest absolute Gasteiger partial charge is 0.347 e. The van der Waals surface area contributed by atoms with Crippen LogP contribution in [0.1, 0.15) is 24.5 Å². The van der Waals surface area contributed by atoms with Crippen molar-refractivity contribution >= 4 is 5.82 Å². The minimum absolute atomic E-state index is 0.337. The van der Waals surface area contributed by atoms with Gasteiger partial charge in [-0.2, -0.15) is 13.2 Å². The average molecular weight is 275 g/mol. The van der Waals surface area contributed by atoms with Crippen LogP contribution in [0.2, 0.25) is 0 Å². The number of nitrogens with zero attached hydrogens (tertiary/aromatic N) is 2. The van der Waals surface area contributed by atoms with Crippen LogP contribution in [0.15, 0.2) is 12.3 Å². The maximum Gasteiger partial charge on any atom is 0.405 e. The van der Waals surface area contributed by atoms with Gasteiger partial charge in [0, 0.05) is 12.7 Å². The fourth-order valence-corrected chi connectivity index (χ4v) is 2.01. The van der Waals surface area contributed by atoms with Gasteiger partial charge in [-0.3, -0.25) is 0 Å². The van der Waals surface area contributed by atoms with Gasteiger partial charge in [0.1, 0.15) is 12.4 Å². The minimum Gasteiger partial charge on any atom is -0.347 e. The molecular weight excluding hydrogens is 255 g/mol. The number of anilines is 1. The Bertz CT molecular complexity index is 405. The lowest BCUT2D eigenvalue weighted by atomic mass is 10.1. The summed E-state index contributed by atoms with van der Waals surface area (Å²) in [4.78, 5) is 5.45. The van der Waals surface area contributed by atoms with E-state index in [1.54, 1.807) is 13.1 Å². The summed E-state index contributed by atoms with van der Waals surface area (Å²) in [5.41, 5.74) is 7.16. The zero-order valence-corrected chi connectivity index (χ0v) is 11.3. The molecule has 0 bridgehead atoms. The Morgan fingerprint density at radius 1 is 1.37 bits per heavy atom. The van der Waals surface area contributed by atoms with Crippen molar-refractivity contribution in [1.82, 2.24) is 4.98 Å². The van der Waals surface area contributed by atoms with E-state index in [9.17, 15) is 13.2 Å². The topological polar surface area (TPSA) is 42.2 Å². The van der Waals surface area contributed by atoms with E-state index in [-0.39, 0.29) is 0 Å². The van der Waals surface area contributed by atoms with Gasteiger partial charge in [0.15, 0.2) is 0 Å². The van der Waals surface area contributed by atoms with Gasteiger partial charge in [0.25, 0.3) is 0 Å². The number of hydrogen-bond acceptors (Lipinski definition) is 3.